The van der Waals surface area contributed by atoms with Gasteiger partial charge in [-0.2, -0.15) is 0 Å². The molecule has 1 aliphatic heterocycles. The number of para-hydroxylation sites is 1. The molecule has 0 unspecified atom stereocenters. The van der Waals surface area contributed by atoms with E-state index in [1.54, 1.807) is 31.2 Å². The number of amides is 3. The maximum absolute atomic E-state index is 12.7. The van der Waals surface area contributed by atoms with E-state index in [4.69, 9.17) is 4.42 Å². The molecule has 1 atom stereocenters. The van der Waals surface area contributed by atoms with Crippen LogP contribution in [-0.4, -0.2) is 11.9 Å². The van der Waals surface area contributed by atoms with Gasteiger partial charge in [-0.15, -0.1) is 0 Å². The summed E-state index contributed by atoms with van der Waals surface area (Å²) in [4.78, 5) is 24.4. The van der Waals surface area contributed by atoms with Crippen LogP contribution in [0.2, 0.25) is 0 Å². The number of benzene rings is 1. The molecular weight excluding hydrogens is 409 g/mol. The largest absolute Gasteiger partial charge is 0.453 e. The Morgan fingerprint density at radius 1 is 1.22 bits per heavy atom. The number of nitrogens with one attached hydrogen (secondary N) is 3. The topological polar surface area (TPSA) is 83.4 Å². The molecule has 0 fully saturated rings. The molecule has 0 spiro atoms. The minimum Gasteiger partial charge on any atom is -0.453 e. The molecule has 1 aromatic heterocycles. The Labute approximate surface area is 146 Å². The number of hydrogen-bond acceptors (Lipinski definition) is 3. The lowest BCUT2D eigenvalue weighted by atomic mass is 10.00. The molecule has 23 heavy (non-hydrogen) atoms. The summed E-state index contributed by atoms with van der Waals surface area (Å²) in [5.41, 5.74) is 1.60. The summed E-state index contributed by atoms with van der Waals surface area (Å²) in [6.07, 6.45) is 0. The number of urea groups is 1. The molecule has 0 saturated carbocycles. The van der Waals surface area contributed by atoms with E-state index >= 15 is 0 Å². The monoisotopic (exact) mass is 423 g/mol. The van der Waals surface area contributed by atoms with Gasteiger partial charge in [-0.1, -0.05) is 18.2 Å². The second kappa shape index (κ2) is 6.45. The lowest BCUT2D eigenvalue weighted by Gasteiger charge is -2.27. The summed E-state index contributed by atoms with van der Waals surface area (Å²) in [7, 11) is 0. The Hall–Kier alpha value is -2.29. The molecule has 3 amide bonds. The van der Waals surface area contributed by atoms with Gasteiger partial charge in [0.2, 0.25) is 0 Å². The van der Waals surface area contributed by atoms with Crippen LogP contribution >= 0.6 is 22.6 Å². The highest BCUT2D eigenvalue weighted by Crippen LogP contribution is 2.29. The van der Waals surface area contributed by atoms with Gasteiger partial charge in [0.1, 0.15) is 11.8 Å². The van der Waals surface area contributed by atoms with Gasteiger partial charge in [0.15, 0.2) is 3.77 Å². The first kappa shape index (κ1) is 15.6. The molecule has 1 aliphatic rings. The van der Waals surface area contributed by atoms with Crippen LogP contribution in [0.1, 0.15) is 18.7 Å². The minimum absolute atomic E-state index is 0.294. The molecule has 118 valence electrons. The van der Waals surface area contributed by atoms with Crippen LogP contribution in [0.3, 0.4) is 0 Å². The van der Waals surface area contributed by atoms with Crippen molar-refractivity contribution in [3.63, 3.8) is 0 Å². The van der Waals surface area contributed by atoms with E-state index in [0.29, 0.717) is 26.5 Å². The average molecular weight is 423 g/mol. The second-order valence-electron chi connectivity index (χ2n) is 5.03. The fourth-order valence-electron chi connectivity index (χ4n) is 2.41. The minimum atomic E-state index is -0.629. The van der Waals surface area contributed by atoms with Gasteiger partial charge in [-0.05, 0) is 53.8 Å². The van der Waals surface area contributed by atoms with Crippen LogP contribution in [0.25, 0.3) is 0 Å². The number of allylic oxidation sites excluding steroid dienone is 1. The third-order valence-corrected chi connectivity index (χ3v) is 4.00. The lowest BCUT2D eigenvalue weighted by molar-refractivity contribution is -0.113. The van der Waals surface area contributed by atoms with Crippen molar-refractivity contribution in [2.75, 3.05) is 5.32 Å². The Morgan fingerprint density at radius 3 is 2.61 bits per heavy atom. The van der Waals surface area contributed by atoms with E-state index in [1.165, 1.54) is 0 Å². The molecule has 2 heterocycles. The first-order valence-corrected chi connectivity index (χ1v) is 8.02. The maximum atomic E-state index is 12.7. The number of carbonyl (C=O) groups is 2. The van der Waals surface area contributed by atoms with Crippen molar-refractivity contribution in [2.45, 2.75) is 13.0 Å². The van der Waals surface area contributed by atoms with Crippen LogP contribution in [0.5, 0.6) is 0 Å². The van der Waals surface area contributed by atoms with Crippen LogP contribution in [0.4, 0.5) is 10.5 Å². The van der Waals surface area contributed by atoms with Gasteiger partial charge in [-0.25, -0.2) is 4.79 Å². The SMILES string of the molecule is CC1=C(C(=O)Nc2ccccc2)[C@H](c2ccc(I)o2)NC(=O)N1. The van der Waals surface area contributed by atoms with Crippen LogP contribution in [0, 0.1) is 3.77 Å². The van der Waals surface area contributed by atoms with E-state index < -0.39 is 6.04 Å². The van der Waals surface area contributed by atoms with Crippen molar-refractivity contribution in [1.29, 1.82) is 0 Å². The molecular formula is C16H14IN3O3. The molecule has 2 aromatic rings. The van der Waals surface area contributed by atoms with E-state index in [9.17, 15) is 9.59 Å². The number of anilines is 1. The van der Waals surface area contributed by atoms with Gasteiger partial charge in [0, 0.05) is 11.4 Å². The molecule has 3 rings (SSSR count). The third kappa shape index (κ3) is 3.39. The zero-order valence-corrected chi connectivity index (χ0v) is 14.4. The number of carbonyl (C=O) groups excluding carboxylic acids is 2. The molecule has 3 N–H and O–H groups in total. The van der Waals surface area contributed by atoms with Crippen molar-refractivity contribution in [1.82, 2.24) is 10.6 Å². The maximum Gasteiger partial charge on any atom is 0.319 e. The first-order chi connectivity index (χ1) is 11.0. The van der Waals surface area contributed by atoms with Crippen molar-refractivity contribution < 1.29 is 14.0 Å². The molecule has 0 aliphatic carbocycles. The summed E-state index contributed by atoms with van der Waals surface area (Å²) in [6.45, 7) is 1.69. The van der Waals surface area contributed by atoms with Gasteiger partial charge in [0.25, 0.3) is 5.91 Å². The van der Waals surface area contributed by atoms with E-state index in [1.807, 2.05) is 40.8 Å². The Bertz CT molecular complexity index is 783. The second-order valence-corrected chi connectivity index (χ2v) is 6.10. The highest BCUT2D eigenvalue weighted by atomic mass is 127. The molecule has 0 bridgehead atoms. The van der Waals surface area contributed by atoms with Crippen molar-refractivity contribution in [3.05, 3.63) is 63.3 Å². The Balaban J connectivity index is 1.93. The quantitative estimate of drug-likeness (QED) is 0.664. The predicted octanol–water partition coefficient (Wildman–Crippen LogP) is 3.15. The third-order valence-electron chi connectivity index (χ3n) is 3.42. The summed E-state index contributed by atoms with van der Waals surface area (Å²) in [6, 6.07) is 11.7. The Morgan fingerprint density at radius 2 is 1.96 bits per heavy atom. The average Bonchev–Trinajstić information content (AvgIpc) is 2.93. The molecule has 7 heteroatoms. The van der Waals surface area contributed by atoms with E-state index in [-0.39, 0.29) is 11.9 Å². The lowest BCUT2D eigenvalue weighted by Crippen LogP contribution is -2.45. The van der Waals surface area contributed by atoms with Crippen LogP contribution in [0.15, 0.2) is 58.2 Å². The highest BCUT2D eigenvalue weighted by Gasteiger charge is 2.33. The molecule has 1 aromatic carbocycles. The smallest absolute Gasteiger partial charge is 0.319 e. The summed E-state index contributed by atoms with van der Waals surface area (Å²) in [5, 5.41) is 8.19. The van der Waals surface area contributed by atoms with Crippen LogP contribution in [-0.2, 0) is 4.79 Å². The van der Waals surface area contributed by atoms with Crippen molar-refractivity contribution in [2.24, 2.45) is 0 Å². The zero-order chi connectivity index (χ0) is 16.4. The fraction of sp³-hybridized carbons (Fsp3) is 0.125. The standard InChI is InChI=1S/C16H14IN3O3/c1-9-13(15(21)19-10-5-3-2-4-6-10)14(20-16(22)18-9)11-7-8-12(17)23-11/h2-8,14H,1H3,(H,19,21)(H2,18,20,22)/t14-/m0/s1. The molecule has 0 saturated heterocycles. The number of hydrogen-bond donors (Lipinski definition) is 3. The van der Waals surface area contributed by atoms with Crippen molar-refractivity contribution >= 4 is 40.2 Å². The summed E-state index contributed by atoms with van der Waals surface area (Å²) < 4.78 is 6.27. The van der Waals surface area contributed by atoms with Crippen molar-refractivity contribution in [3.8, 4) is 0 Å². The van der Waals surface area contributed by atoms with E-state index in [0.717, 1.165) is 0 Å². The summed E-state index contributed by atoms with van der Waals surface area (Å²) >= 11 is 2.04. The Kier molecular flexibility index (Phi) is 4.37. The molecule has 0 radical (unpaired) electrons. The number of furan rings is 1. The molecule has 6 nitrogen and oxygen atoms in total. The normalized spacial score (nSPS) is 17.5. The predicted molar refractivity (Wildman–Crippen MR) is 93.6 cm³/mol. The zero-order valence-electron chi connectivity index (χ0n) is 12.2. The summed E-state index contributed by atoms with van der Waals surface area (Å²) in [5.74, 6) is 0.222. The fourth-order valence-corrected chi connectivity index (χ4v) is 2.85. The highest BCUT2D eigenvalue weighted by molar-refractivity contribution is 14.1. The van der Waals surface area contributed by atoms with Crippen LogP contribution < -0.4 is 16.0 Å². The van der Waals surface area contributed by atoms with Gasteiger partial charge in [-0.3, -0.25) is 4.79 Å². The number of halogens is 1. The van der Waals surface area contributed by atoms with Gasteiger partial charge < -0.3 is 20.4 Å². The van der Waals surface area contributed by atoms with Gasteiger partial charge >= 0.3 is 6.03 Å². The number of rotatable bonds is 3. The first-order valence-electron chi connectivity index (χ1n) is 6.94. The van der Waals surface area contributed by atoms with E-state index in [2.05, 4.69) is 16.0 Å². The van der Waals surface area contributed by atoms with Gasteiger partial charge in [0.05, 0.1) is 5.57 Å².